The van der Waals surface area contributed by atoms with Crippen molar-refractivity contribution in [2.75, 3.05) is 0 Å². The molecule has 4 nitrogen and oxygen atoms in total. The number of fused-ring (bicyclic) bond motifs is 1. The summed E-state index contributed by atoms with van der Waals surface area (Å²) >= 11 is 1.74. The number of aromatic nitrogens is 3. The van der Waals surface area contributed by atoms with E-state index in [1.165, 1.54) is 4.70 Å². The van der Waals surface area contributed by atoms with Gasteiger partial charge in [0.05, 0.1) is 22.6 Å². The highest BCUT2D eigenvalue weighted by molar-refractivity contribution is 7.18. The number of benzene rings is 1. The molecule has 0 amide bonds. The van der Waals surface area contributed by atoms with Crippen LogP contribution in [0.3, 0.4) is 0 Å². The van der Waals surface area contributed by atoms with Gasteiger partial charge in [-0.25, -0.2) is 9.97 Å². The zero-order valence-corrected chi connectivity index (χ0v) is 10.9. The first kappa shape index (κ1) is 11.4. The highest BCUT2D eigenvalue weighted by Crippen LogP contribution is 2.25. The number of hydrogen-bond donors (Lipinski definition) is 2. The number of H-pyrrole nitrogens is 1. The fourth-order valence-corrected chi connectivity index (χ4v) is 2.80. The minimum atomic E-state index is 0.241. The fourth-order valence-electron chi connectivity index (χ4n) is 1.81. The third kappa shape index (κ3) is 2.27. The van der Waals surface area contributed by atoms with Gasteiger partial charge in [-0.3, -0.25) is 0 Å². The molecule has 92 valence electrons. The predicted molar refractivity (Wildman–Crippen MR) is 73.5 cm³/mol. The summed E-state index contributed by atoms with van der Waals surface area (Å²) in [5, 5.41) is 4.56. The Hall–Kier alpha value is -1.72. The molecule has 18 heavy (non-hydrogen) atoms. The molecule has 3 aromatic rings. The monoisotopic (exact) mass is 258 g/mol. The topological polar surface area (TPSA) is 53.6 Å². The molecule has 0 aliphatic carbocycles. The summed E-state index contributed by atoms with van der Waals surface area (Å²) < 4.78 is 1.24. The molecule has 5 heteroatoms. The Morgan fingerprint density at radius 3 is 3.06 bits per heavy atom. The lowest BCUT2D eigenvalue weighted by Crippen LogP contribution is -2.18. The molecule has 1 unspecified atom stereocenters. The molecule has 0 spiro atoms. The minimum Gasteiger partial charge on any atom is -0.347 e. The van der Waals surface area contributed by atoms with Crippen LogP contribution in [0, 0.1) is 0 Å². The summed E-state index contributed by atoms with van der Waals surface area (Å²) in [6.07, 6.45) is 3.53. The van der Waals surface area contributed by atoms with Gasteiger partial charge in [0.1, 0.15) is 5.01 Å². The van der Waals surface area contributed by atoms with Crippen molar-refractivity contribution in [2.24, 2.45) is 0 Å². The average Bonchev–Trinajstić information content (AvgIpc) is 3.04. The van der Waals surface area contributed by atoms with Crippen molar-refractivity contribution in [3.8, 4) is 0 Å². The van der Waals surface area contributed by atoms with Gasteiger partial charge in [0, 0.05) is 18.4 Å². The number of nitrogens with one attached hydrogen (secondary N) is 2. The molecule has 0 fully saturated rings. The Morgan fingerprint density at radius 1 is 1.39 bits per heavy atom. The van der Waals surface area contributed by atoms with Crippen LogP contribution >= 0.6 is 11.3 Å². The van der Waals surface area contributed by atoms with E-state index in [0.717, 1.165) is 22.8 Å². The molecule has 0 aliphatic heterocycles. The van der Waals surface area contributed by atoms with Crippen molar-refractivity contribution in [2.45, 2.75) is 19.5 Å². The lowest BCUT2D eigenvalue weighted by Gasteiger charge is -2.09. The summed E-state index contributed by atoms with van der Waals surface area (Å²) in [6, 6.07) is 8.47. The zero-order chi connectivity index (χ0) is 12.4. The van der Waals surface area contributed by atoms with Crippen molar-refractivity contribution in [1.82, 2.24) is 20.3 Å². The quantitative estimate of drug-likeness (QED) is 0.756. The lowest BCUT2D eigenvalue weighted by atomic mass is 10.3. The van der Waals surface area contributed by atoms with Crippen molar-refractivity contribution >= 4 is 21.6 Å². The Bertz CT molecular complexity index is 596. The third-order valence-electron chi connectivity index (χ3n) is 2.83. The highest BCUT2D eigenvalue weighted by Gasteiger charge is 2.10. The average molecular weight is 258 g/mol. The van der Waals surface area contributed by atoms with E-state index in [-0.39, 0.29) is 6.04 Å². The van der Waals surface area contributed by atoms with Gasteiger partial charge < -0.3 is 10.3 Å². The molecule has 1 atom stereocenters. The standard InChI is InChI=1S/C13H14N4S/c1-9(15-7-10-6-14-8-16-10)13-17-11-4-2-3-5-12(11)18-13/h2-6,8-9,15H,7H2,1H3,(H,14,16). The van der Waals surface area contributed by atoms with Crippen LogP contribution in [0.25, 0.3) is 10.2 Å². The summed E-state index contributed by atoms with van der Waals surface area (Å²) in [4.78, 5) is 11.7. The molecule has 0 bridgehead atoms. The summed E-state index contributed by atoms with van der Waals surface area (Å²) in [5.74, 6) is 0. The van der Waals surface area contributed by atoms with E-state index in [9.17, 15) is 0 Å². The molecule has 0 saturated heterocycles. The molecule has 2 N–H and O–H groups in total. The number of imidazole rings is 1. The maximum Gasteiger partial charge on any atom is 0.111 e. The summed E-state index contributed by atoms with van der Waals surface area (Å²) in [6.45, 7) is 2.91. The van der Waals surface area contributed by atoms with Crippen LogP contribution < -0.4 is 5.32 Å². The molecule has 0 radical (unpaired) electrons. The van der Waals surface area contributed by atoms with Gasteiger partial charge in [0.25, 0.3) is 0 Å². The van der Waals surface area contributed by atoms with Crippen LogP contribution in [-0.4, -0.2) is 15.0 Å². The van der Waals surface area contributed by atoms with E-state index >= 15 is 0 Å². The van der Waals surface area contributed by atoms with Crippen molar-refractivity contribution in [3.63, 3.8) is 0 Å². The van der Waals surface area contributed by atoms with Gasteiger partial charge in [-0.1, -0.05) is 12.1 Å². The van der Waals surface area contributed by atoms with E-state index in [0.29, 0.717) is 0 Å². The molecule has 0 aliphatic rings. The minimum absolute atomic E-state index is 0.241. The SMILES string of the molecule is CC(NCc1cnc[nH]1)c1nc2ccccc2s1. The van der Waals surface area contributed by atoms with Gasteiger partial charge in [-0.15, -0.1) is 11.3 Å². The van der Waals surface area contributed by atoms with E-state index < -0.39 is 0 Å². The molecule has 3 rings (SSSR count). The van der Waals surface area contributed by atoms with Crippen LogP contribution in [0.1, 0.15) is 23.7 Å². The Kier molecular flexibility index (Phi) is 3.08. The summed E-state index contributed by atoms with van der Waals surface area (Å²) in [7, 11) is 0. The maximum atomic E-state index is 4.64. The van der Waals surface area contributed by atoms with E-state index in [4.69, 9.17) is 0 Å². The Labute approximate surface area is 109 Å². The molecule has 2 heterocycles. The first-order valence-corrected chi connectivity index (χ1v) is 6.70. The lowest BCUT2D eigenvalue weighted by molar-refractivity contribution is 0.567. The number of aromatic amines is 1. The van der Waals surface area contributed by atoms with E-state index in [2.05, 4.69) is 39.3 Å². The van der Waals surface area contributed by atoms with Crippen molar-refractivity contribution in [3.05, 3.63) is 47.5 Å². The van der Waals surface area contributed by atoms with Crippen LogP contribution in [0.15, 0.2) is 36.8 Å². The van der Waals surface area contributed by atoms with Crippen LogP contribution in [0.2, 0.25) is 0 Å². The number of thiazole rings is 1. The molecule has 1 aromatic carbocycles. The van der Waals surface area contributed by atoms with Crippen molar-refractivity contribution in [1.29, 1.82) is 0 Å². The fraction of sp³-hybridized carbons (Fsp3) is 0.231. The smallest absolute Gasteiger partial charge is 0.111 e. The van der Waals surface area contributed by atoms with Gasteiger partial charge in [0.15, 0.2) is 0 Å². The molecule has 2 aromatic heterocycles. The normalized spacial score (nSPS) is 12.9. The zero-order valence-electron chi connectivity index (χ0n) is 10.1. The number of para-hydroxylation sites is 1. The number of rotatable bonds is 4. The predicted octanol–water partition coefficient (Wildman–Crippen LogP) is 2.87. The van der Waals surface area contributed by atoms with Crippen LogP contribution in [0.4, 0.5) is 0 Å². The second kappa shape index (κ2) is 4.88. The number of hydrogen-bond acceptors (Lipinski definition) is 4. The molecular weight excluding hydrogens is 244 g/mol. The van der Waals surface area contributed by atoms with E-state index in [1.54, 1.807) is 17.7 Å². The van der Waals surface area contributed by atoms with Crippen LogP contribution in [-0.2, 0) is 6.54 Å². The first-order valence-electron chi connectivity index (χ1n) is 5.89. The third-order valence-corrected chi connectivity index (χ3v) is 4.05. The summed E-state index contributed by atoms with van der Waals surface area (Å²) in [5.41, 5.74) is 2.16. The second-order valence-electron chi connectivity index (χ2n) is 4.20. The first-order chi connectivity index (χ1) is 8.83. The van der Waals surface area contributed by atoms with Gasteiger partial charge in [-0.2, -0.15) is 0 Å². The van der Waals surface area contributed by atoms with Crippen LogP contribution in [0.5, 0.6) is 0 Å². The number of nitrogens with zero attached hydrogens (tertiary/aromatic N) is 2. The second-order valence-corrected chi connectivity index (χ2v) is 5.26. The molecular formula is C13H14N4S. The Morgan fingerprint density at radius 2 is 2.28 bits per heavy atom. The van der Waals surface area contributed by atoms with Gasteiger partial charge in [-0.05, 0) is 19.1 Å². The maximum absolute atomic E-state index is 4.64. The van der Waals surface area contributed by atoms with Gasteiger partial charge >= 0.3 is 0 Å². The van der Waals surface area contributed by atoms with E-state index in [1.807, 2.05) is 18.3 Å². The highest BCUT2D eigenvalue weighted by atomic mass is 32.1. The largest absolute Gasteiger partial charge is 0.347 e. The Balaban J connectivity index is 1.73. The molecule has 0 saturated carbocycles. The van der Waals surface area contributed by atoms with Gasteiger partial charge in [0.2, 0.25) is 0 Å². The van der Waals surface area contributed by atoms with Crippen molar-refractivity contribution < 1.29 is 0 Å².